The van der Waals surface area contributed by atoms with Gasteiger partial charge in [-0.25, -0.2) is 4.79 Å². The Morgan fingerprint density at radius 3 is 2.35 bits per heavy atom. The number of nitrogens with two attached hydrogens (primary N) is 1. The first-order valence-corrected chi connectivity index (χ1v) is 12.5. The molecular formula is C26H41NO7. The van der Waals surface area contributed by atoms with E-state index in [1.807, 2.05) is 12.1 Å². The molecule has 2 bridgehead atoms. The van der Waals surface area contributed by atoms with Gasteiger partial charge in [0.2, 0.25) is 0 Å². The van der Waals surface area contributed by atoms with E-state index in [-0.39, 0.29) is 24.7 Å². The van der Waals surface area contributed by atoms with Crippen LogP contribution in [-0.4, -0.2) is 72.2 Å². The topological polar surface area (TPSA) is 98.5 Å². The third-order valence-electron chi connectivity index (χ3n) is 7.02. The van der Waals surface area contributed by atoms with Crippen molar-refractivity contribution in [2.24, 2.45) is 11.7 Å². The minimum absolute atomic E-state index is 0.0894. The molecule has 1 saturated carbocycles. The summed E-state index contributed by atoms with van der Waals surface area (Å²) >= 11 is 0. The van der Waals surface area contributed by atoms with Crippen molar-refractivity contribution in [3.05, 3.63) is 29.3 Å². The minimum atomic E-state index is -0.728. The number of ether oxygens (including phenoxy) is 6. The summed E-state index contributed by atoms with van der Waals surface area (Å²) in [5, 5.41) is 0. The number of hydrogen-bond acceptors (Lipinski definition) is 8. The number of methoxy groups -OCH3 is 1. The van der Waals surface area contributed by atoms with E-state index >= 15 is 0 Å². The highest BCUT2D eigenvalue weighted by molar-refractivity contribution is 5.64. The van der Waals surface area contributed by atoms with Gasteiger partial charge in [-0.3, -0.25) is 0 Å². The van der Waals surface area contributed by atoms with Crippen LogP contribution in [0.3, 0.4) is 0 Å². The van der Waals surface area contributed by atoms with Crippen LogP contribution in [0.1, 0.15) is 50.2 Å². The summed E-state index contributed by atoms with van der Waals surface area (Å²) in [6.45, 7) is 5.69. The highest BCUT2D eigenvalue weighted by Gasteiger charge is 2.43. The standard InChI is InChI=1S/C26H41NO7/c1-26-9-5-3-4-6-21(24(26)27)18-20-7-8-22(19-23(20)26)34-25(28)33-17-16-32-15-14-31-13-12-30-11-10-29-2/h7-8,19,21,24H,3-6,9-18,27H2,1-2H3/t21-,24-,26+/m0/s1. The molecule has 2 aliphatic carbocycles. The lowest BCUT2D eigenvalue weighted by atomic mass is 9.60. The molecule has 2 aliphatic rings. The van der Waals surface area contributed by atoms with Gasteiger partial charge in [-0.1, -0.05) is 32.3 Å². The van der Waals surface area contributed by atoms with Gasteiger partial charge in [0, 0.05) is 18.6 Å². The van der Waals surface area contributed by atoms with E-state index in [2.05, 4.69) is 13.0 Å². The number of carbonyl (C=O) groups excluding carboxylic acids is 1. The number of carbonyl (C=O) groups is 1. The van der Waals surface area contributed by atoms with Crippen molar-refractivity contribution >= 4 is 6.16 Å². The second kappa shape index (κ2) is 14.0. The Morgan fingerprint density at radius 1 is 0.971 bits per heavy atom. The van der Waals surface area contributed by atoms with Crippen molar-refractivity contribution < 1.29 is 33.2 Å². The van der Waals surface area contributed by atoms with E-state index in [1.54, 1.807) is 7.11 Å². The van der Waals surface area contributed by atoms with E-state index < -0.39 is 6.16 Å². The molecule has 1 fully saturated rings. The van der Waals surface area contributed by atoms with Crippen molar-refractivity contribution in [3.8, 4) is 5.75 Å². The molecule has 8 nitrogen and oxygen atoms in total. The molecule has 3 atom stereocenters. The average molecular weight is 480 g/mol. The van der Waals surface area contributed by atoms with Gasteiger partial charge in [-0.05, 0) is 48.4 Å². The first kappa shape index (κ1) is 26.9. The highest BCUT2D eigenvalue weighted by atomic mass is 16.7. The van der Waals surface area contributed by atoms with Crippen LogP contribution in [-0.2, 0) is 35.5 Å². The number of hydrogen-bond donors (Lipinski definition) is 1. The first-order valence-electron chi connectivity index (χ1n) is 12.5. The number of fused-ring (bicyclic) bond motifs is 4. The van der Waals surface area contributed by atoms with E-state index in [0.717, 1.165) is 12.8 Å². The van der Waals surface area contributed by atoms with Crippen LogP contribution in [0.4, 0.5) is 4.79 Å². The monoisotopic (exact) mass is 479 g/mol. The molecule has 0 radical (unpaired) electrons. The molecule has 3 rings (SSSR count). The molecule has 0 aliphatic heterocycles. The maximum Gasteiger partial charge on any atom is 0.513 e. The lowest BCUT2D eigenvalue weighted by Gasteiger charge is -2.47. The van der Waals surface area contributed by atoms with Crippen LogP contribution >= 0.6 is 0 Å². The third-order valence-corrected chi connectivity index (χ3v) is 7.02. The molecule has 1 aromatic carbocycles. The van der Waals surface area contributed by atoms with E-state index in [0.29, 0.717) is 51.3 Å². The Morgan fingerprint density at radius 2 is 1.65 bits per heavy atom. The lowest BCUT2D eigenvalue weighted by molar-refractivity contribution is -0.00451. The van der Waals surface area contributed by atoms with Gasteiger partial charge in [0.15, 0.2) is 0 Å². The molecular weight excluding hydrogens is 438 g/mol. The Kier molecular flexibility index (Phi) is 11.1. The summed E-state index contributed by atoms with van der Waals surface area (Å²) in [6.07, 6.45) is 6.22. The molecule has 0 saturated heterocycles. The fourth-order valence-corrected chi connectivity index (χ4v) is 5.09. The fraction of sp³-hybridized carbons (Fsp3) is 0.731. The zero-order chi connectivity index (χ0) is 24.2. The van der Waals surface area contributed by atoms with Gasteiger partial charge in [0.05, 0.1) is 46.2 Å². The van der Waals surface area contributed by atoms with Gasteiger partial charge in [0.25, 0.3) is 0 Å². The molecule has 0 heterocycles. The SMILES string of the molecule is COCCOCCOCCOCCOC(=O)Oc1ccc2c(c1)[C@@]1(C)CCCCC[C@@H](C2)[C@@H]1N. The third kappa shape index (κ3) is 7.65. The second-order valence-electron chi connectivity index (χ2n) is 9.36. The van der Waals surface area contributed by atoms with E-state index in [9.17, 15) is 4.79 Å². The van der Waals surface area contributed by atoms with Gasteiger partial charge in [-0.15, -0.1) is 0 Å². The Hall–Kier alpha value is -1.71. The summed E-state index contributed by atoms with van der Waals surface area (Å²) in [7, 11) is 1.64. The van der Waals surface area contributed by atoms with Crippen LogP contribution in [0, 0.1) is 5.92 Å². The molecule has 0 aromatic heterocycles. The smallest absolute Gasteiger partial charge is 0.432 e. The van der Waals surface area contributed by atoms with Crippen LogP contribution in [0.25, 0.3) is 0 Å². The van der Waals surface area contributed by atoms with Crippen molar-refractivity contribution in [3.63, 3.8) is 0 Å². The Labute approximate surface area is 203 Å². The van der Waals surface area contributed by atoms with Crippen molar-refractivity contribution in [1.82, 2.24) is 0 Å². The zero-order valence-electron chi connectivity index (χ0n) is 20.7. The molecule has 192 valence electrons. The fourth-order valence-electron chi connectivity index (χ4n) is 5.09. The first-order chi connectivity index (χ1) is 16.5. The molecule has 1 aromatic rings. The van der Waals surface area contributed by atoms with Crippen LogP contribution in [0.2, 0.25) is 0 Å². The summed E-state index contributed by atoms with van der Waals surface area (Å²) < 4.78 is 31.6. The van der Waals surface area contributed by atoms with Crippen molar-refractivity contribution in [1.29, 1.82) is 0 Å². The summed E-state index contributed by atoms with van der Waals surface area (Å²) in [5.74, 6) is 1.02. The average Bonchev–Trinajstić information content (AvgIpc) is 2.83. The Bertz CT molecular complexity index is 759. The van der Waals surface area contributed by atoms with Crippen molar-refractivity contribution in [2.75, 3.05) is 60.0 Å². The highest BCUT2D eigenvalue weighted by Crippen LogP contribution is 2.46. The predicted octanol–water partition coefficient (Wildman–Crippen LogP) is 3.62. The predicted molar refractivity (Wildman–Crippen MR) is 128 cm³/mol. The zero-order valence-corrected chi connectivity index (χ0v) is 20.7. The summed E-state index contributed by atoms with van der Waals surface area (Å²) in [4.78, 5) is 12.1. The van der Waals surface area contributed by atoms with Gasteiger partial charge in [-0.2, -0.15) is 0 Å². The molecule has 0 amide bonds. The van der Waals surface area contributed by atoms with Crippen molar-refractivity contribution in [2.45, 2.75) is 56.9 Å². The van der Waals surface area contributed by atoms with Crippen LogP contribution in [0.5, 0.6) is 5.75 Å². The lowest BCUT2D eigenvalue weighted by Crippen LogP contribution is -2.52. The van der Waals surface area contributed by atoms with Crippen LogP contribution < -0.4 is 10.5 Å². The largest absolute Gasteiger partial charge is 0.513 e. The number of benzene rings is 1. The Balaban J connectivity index is 1.36. The van der Waals surface area contributed by atoms with Gasteiger partial charge >= 0.3 is 6.16 Å². The maximum atomic E-state index is 12.1. The summed E-state index contributed by atoms with van der Waals surface area (Å²) in [5.41, 5.74) is 9.20. The maximum absolute atomic E-state index is 12.1. The van der Waals surface area contributed by atoms with E-state index in [1.165, 1.54) is 36.8 Å². The second-order valence-corrected chi connectivity index (χ2v) is 9.36. The normalized spacial score (nSPS) is 24.1. The molecule has 2 N–H and O–H groups in total. The minimum Gasteiger partial charge on any atom is -0.432 e. The summed E-state index contributed by atoms with van der Waals surface area (Å²) in [6, 6.07) is 6.06. The molecule has 8 heteroatoms. The quantitative estimate of drug-likeness (QED) is 0.260. The number of rotatable bonds is 13. The van der Waals surface area contributed by atoms with E-state index in [4.69, 9.17) is 34.2 Å². The molecule has 0 spiro atoms. The van der Waals surface area contributed by atoms with Gasteiger partial charge in [0.1, 0.15) is 12.4 Å². The molecule has 34 heavy (non-hydrogen) atoms. The van der Waals surface area contributed by atoms with Crippen LogP contribution in [0.15, 0.2) is 18.2 Å². The molecule has 0 unspecified atom stereocenters. The van der Waals surface area contributed by atoms with Gasteiger partial charge < -0.3 is 34.2 Å².